The van der Waals surface area contributed by atoms with Gasteiger partial charge in [-0.15, -0.1) is 0 Å². The van der Waals surface area contributed by atoms with Crippen LogP contribution < -0.4 is 10.6 Å². The molecule has 0 radical (unpaired) electrons. The zero-order chi connectivity index (χ0) is 17.4. The summed E-state index contributed by atoms with van der Waals surface area (Å²) < 4.78 is 0. The molecule has 1 unspecified atom stereocenters. The number of nitrogens with zero attached hydrogens (tertiary/aromatic N) is 1. The molecule has 0 aliphatic heterocycles. The number of aliphatic hydroxyl groups is 1. The molecule has 0 saturated heterocycles. The number of carbonyl (C=O) groups is 1. The van der Waals surface area contributed by atoms with Crippen molar-refractivity contribution in [2.75, 3.05) is 18.4 Å². The van der Waals surface area contributed by atoms with Crippen molar-refractivity contribution in [3.63, 3.8) is 0 Å². The van der Waals surface area contributed by atoms with Crippen molar-refractivity contribution in [2.45, 2.75) is 18.9 Å². The molecule has 1 amide bonds. The molecule has 0 spiro atoms. The van der Waals surface area contributed by atoms with Gasteiger partial charge >= 0.3 is 0 Å². The Morgan fingerprint density at radius 2 is 2.04 bits per heavy atom. The van der Waals surface area contributed by atoms with Gasteiger partial charge in [-0.2, -0.15) is 11.3 Å². The van der Waals surface area contributed by atoms with Gasteiger partial charge in [0, 0.05) is 37.3 Å². The van der Waals surface area contributed by atoms with Gasteiger partial charge in [-0.3, -0.25) is 14.9 Å². The molecule has 1 heterocycles. The molecule has 0 bridgehead atoms. The van der Waals surface area contributed by atoms with Gasteiger partial charge < -0.3 is 15.7 Å². The summed E-state index contributed by atoms with van der Waals surface area (Å²) in [6.45, 7) is 0.781. The third-order valence-electron chi connectivity index (χ3n) is 3.41. The van der Waals surface area contributed by atoms with Crippen LogP contribution in [0.2, 0.25) is 0 Å². The highest BCUT2D eigenvalue weighted by Gasteiger charge is 2.09. The van der Waals surface area contributed by atoms with Crippen LogP contribution in [0.15, 0.2) is 41.1 Å². The Balaban J connectivity index is 1.61. The molecule has 1 aromatic carbocycles. The quantitative estimate of drug-likeness (QED) is 0.367. The first-order valence-corrected chi connectivity index (χ1v) is 8.45. The molecule has 0 saturated carbocycles. The number of amides is 1. The number of rotatable bonds is 9. The number of benzene rings is 1. The molecule has 2 aromatic rings. The van der Waals surface area contributed by atoms with Gasteiger partial charge in [0.15, 0.2) is 0 Å². The molecule has 2 rings (SSSR count). The first-order chi connectivity index (χ1) is 11.6. The molecule has 0 aliphatic rings. The smallest absolute Gasteiger partial charge is 0.269 e. The largest absolute Gasteiger partial charge is 0.387 e. The Hall–Kier alpha value is -2.45. The van der Waals surface area contributed by atoms with Gasteiger partial charge in [0.05, 0.1) is 11.0 Å². The normalized spacial score (nSPS) is 11.7. The summed E-state index contributed by atoms with van der Waals surface area (Å²) in [6, 6.07) is 7.96. The maximum Gasteiger partial charge on any atom is 0.269 e. The SMILES string of the molecule is O=C(CCCNc1ccc([N+](=O)[O-])cc1)NCC(O)c1ccsc1. The molecule has 0 fully saturated rings. The van der Waals surface area contributed by atoms with E-state index in [4.69, 9.17) is 0 Å². The van der Waals surface area contributed by atoms with E-state index in [1.54, 1.807) is 12.1 Å². The third-order valence-corrected chi connectivity index (χ3v) is 4.11. The molecule has 8 heteroatoms. The summed E-state index contributed by atoms with van der Waals surface area (Å²) >= 11 is 1.50. The Bertz CT molecular complexity index is 658. The van der Waals surface area contributed by atoms with Crippen LogP contribution in [-0.2, 0) is 4.79 Å². The second kappa shape index (κ2) is 8.99. The number of nitro groups is 1. The van der Waals surface area contributed by atoms with Crippen LogP contribution >= 0.6 is 11.3 Å². The molecule has 7 nitrogen and oxygen atoms in total. The number of non-ortho nitro benzene ring substituents is 1. The van der Waals surface area contributed by atoms with Crippen molar-refractivity contribution in [1.82, 2.24) is 5.32 Å². The zero-order valence-corrected chi connectivity index (χ0v) is 13.8. The van der Waals surface area contributed by atoms with Gasteiger partial charge in [-0.25, -0.2) is 0 Å². The summed E-state index contributed by atoms with van der Waals surface area (Å²) in [4.78, 5) is 21.8. The topological polar surface area (TPSA) is 104 Å². The summed E-state index contributed by atoms with van der Waals surface area (Å²) in [5.41, 5.74) is 1.62. The van der Waals surface area contributed by atoms with Gasteiger partial charge in [0.2, 0.25) is 5.91 Å². The second-order valence-corrected chi connectivity index (χ2v) is 5.99. The molecule has 3 N–H and O–H groups in total. The van der Waals surface area contributed by atoms with E-state index in [-0.39, 0.29) is 18.1 Å². The number of nitrogens with one attached hydrogen (secondary N) is 2. The summed E-state index contributed by atoms with van der Waals surface area (Å²) in [7, 11) is 0. The minimum atomic E-state index is -0.682. The summed E-state index contributed by atoms with van der Waals surface area (Å²) in [5, 5.41) is 30.0. The lowest BCUT2D eigenvalue weighted by atomic mass is 10.2. The van der Waals surface area contributed by atoms with Crippen molar-refractivity contribution in [3.8, 4) is 0 Å². The van der Waals surface area contributed by atoms with Crippen LogP contribution in [0, 0.1) is 10.1 Å². The maximum absolute atomic E-state index is 11.7. The molecular weight excluding hydrogens is 330 g/mol. The fourth-order valence-electron chi connectivity index (χ4n) is 2.06. The molecule has 1 atom stereocenters. The minimum absolute atomic E-state index is 0.0455. The zero-order valence-electron chi connectivity index (χ0n) is 13.0. The summed E-state index contributed by atoms with van der Waals surface area (Å²) in [5.74, 6) is -0.116. The van der Waals surface area contributed by atoms with E-state index in [9.17, 15) is 20.0 Å². The molecular formula is C16H19N3O4S. The standard InChI is InChI=1S/C16H19N3O4S/c20-15(12-7-9-24-11-12)10-18-16(21)2-1-8-17-13-3-5-14(6-4-13)19(22)23/h3-7,9,11,15,17,20H,1-2,8,10H2,(H,18,21). The maximum atomic E-state index is 11.7. The van der Waals surface area contributed by atoms with Crippen molar-refractivity contribution in [3.05, 3.63) is 56.8 Å². The highest BCUT2D eigenvalue weighted by Crippen LogP contribution is 2.16. The minimum Gasteiger partial charge on any atom is -0.387 e. The Labute approximate surface area is 143 Å². The number of thiophene rings is 1. The van der Waals surface area contributed by atoms with Gasteiger partial charge in [0.1, 0.15) is 0 Å². The molecule has 1 aromatic heterocycles. The average molecular weight is 349 g/mol. The lowest BCUT2D eigenvalue weighted by Gasteiger charge is -2.11. The van der Waals surface area contributed by atoms with E-state index in [1.807, 2.05) is 16.8 Å². The van der Waals surface area contributed by atoms with Crippen LogP contribution in [0.4, 0.5) is 11.4 Å². The van der Waals surface area contributed by atoms with Crippen molar-refractivity contribution in [2.24, 2.45) is 0 Å². The van der Waals surface area contributed by atoms with Gasteiger partial charge in [0.25, 0.3) is 5.69 Å². The number of aliphatic hydroxyl groups excluding tert-OH is 1. The fourth-order valence-corrected chi connectivity index (χ4v) is 2.77. The number of hydrogen-bond acceptors (Lipinski definition) is 6. The van der Waals surface area contributed by atoms with Crippen LogP contribution in [0.1, 0.15) is 24.5 Å². The van der Waals surface area contributed by atoms with Gasteiger partial charge in [-0.05, 0) is 40.9 Å². The van der Waals surface area contributed by atoms with Crippen LogP contribution in [-0.4, -0.2) is 29.0 Å². The number of hydrogen-bond donors (Lipinski definition) is 3. The third kappa shape index (κ3) is 5.64. The van der Waals surface area contributed by atoms with E-state index >= 15 is 0 Å². The second-order valence-electron chi connectivity index (χ2n) is 5.21. The molecule has 24 heavy (non-hydrogen) atoms. The number of nitro benzene ring substituents is 1. The van der Waals surface area contributed by atoms with Gasteiger partial charge in [-0.1, -0.05) is 0 Å². The van der Waals surface area contributed by atoms with Crippen LogP contribution in [0.3, 0.4) is 0 Å². The summed E-state index contributed by atoms with van der Waals surface area (Å²) in [6.07, 6.45) is 0.284. The monoisotopic (exact) mass is 349 g/mol. The predicted molar refractivity (Wildman–Crippen MR) is 93.1 cm³/mol. The molecule has 128 valence electrons. The lowest BCUT2D eigenvalue weighted by Crippen LogP contribution is -2.28. The number of carbonyl (C=O) groups excluding carboxylic acids is 1. The van der Waals surface area contributed by atoms with Crippen LogP contribution in [0.5, 0.6) is 0 Å². The first kappa shape index (κ1) is 17.9. The highest BCUT2D eigenvalue weighted by atomic mass is 32.1. The predicted octanol–water partition coefficient (Wildman–Crippen LogP) is 2.70. The van der Waals surface area contributed by atoms with E-state index in [1.165, 1.54) is 23.5 Å². The average Bonchev–Trinajstić information content (AvgIpc) is 3.11. The molecule has 0 aliphatic carbocycles. The first-order valence-electron chi connectivity index (χ1n) is 7.51. The van der Waals surface area contributed by atoms with E-state index in [0.29, 0.717) is 19.4 Å². The van der Waals surface area contributed by atoms with E-state index < -0.39 is 11.0 Å². The fraction of sp³-hybridized carbons (Fsp3) is 0.312. The van der Waals surface area contributed by atoms with Crippen LogP contribution in [0.25, 0.3) is 0 Å². The van der Waals surface area contributed by atoms with E-state index in [2.05, 4.69) is 10.6 Å². The van der Waals surface area contributed by atoms with E-state index in [0.717, 1.165) is 11.3 Å². The highest BCUT2D eigenvalue weighted by molar-refractivity contribution is 7.07. The Morgan fingerprint density at radius 1 is 1.29 bits per heavy atom. The van der Waals surface area contributed by atoms with Crippen molar-refractivity contribution < 1.29 is 14.8 Å². The van der Waals surface area contributed by atoms with Crippen molar-refractivity contribution in [1.29, 1.82) is 0 Å². The lowest BCUT2D eigenvalue weighted by molar-refractivity contribution is -0.384. The number of anilines is 1. The Kier molecular flexibility index (Phi) is 6.71. The Morgan fingerprint density at radius 3 is 2.67 bits per heavy atom. The van der Waals surface area contributed by atoms with Crippen molar-refractivity contribution >= 4 is 28.6 Å².